The van der Waals surface area contributed by atoms with Crippen molar-refractivity contribution in [2.24, 2.45) is 5.92 Å². The van der Waals surface area contributed by atoms with Crippen molar-refractivity contribution in [1.82, 2.24) is 10.2 Å². The molecular formula is C14H25BrN2O2. The van der Waals surface area contributed by atoms with E-state index in [0.717, 1.165) is 30.5 Å². The summed E-state index contributed by atoms with van der Waals surface area (Å²) in [5, 5.41) is 2.98. The second kappa shape index (κ2) is 6.75. The molecule has 1 rings (SSSR count). The molecule has 0 aromatic rings. The van der Waals surface area contributed by atoms with E-state index in [0.29, 0.717) is 5.92 Å². The van der Waals surface area contributed by atoms with Crippen molar-refractivity contribution in [2.45, 2.75) is 45.8 Å². The lowest BCUT2D eigenvalue weighted by Gasteiger charge is -2.37. The fourth-order valence-corrected chi connectivity index (χ4v) is 2.65. The summed E-state index contributed by atoms with van der Waals surface area (Å²) < 4.78 is 6.29. The Hall–Kier alpha value is -0.550. The minimum Gasteiger partial charge on any atom is -0.444 e. The van der Waals surface area contributed by atoms with Gasteiger partial charge in [-0.25, -0.2) is 4.79 Å². The molecule has 1 aliphatic heterocycles. The maximum atomic E-state index is 11.8. The number of nitrogens with zero attached hydrogens (tertiary/aromatic N) is 1. The van der Waals surface area contributed by atoms with Gasteiger partial charge in [0.1, 0.15) is 5.60 Å². The number of piperidine rings is 1. The minimum atomic E-state index is -0.443. The van der Waals surface area contributed by atoms with Gasteiger partial charge in [-0.2, -0.15) is 0 Å². The number of ether oxygens (including phenoxy) is 1. The number of halogens is 1. The summed E-state index contributed by atoms with van der Waals surface area (Å²) in [6, 6.07) is 0.190. The monoisotopic (exact) mass is 332 g/mol. The first kappa shape index (κ1) is 16.5. The van der Waals surface area contributed by atoms with Gasteiger partial charge in [-0.3, -0.25) is 4.90 Å². The van der Waals surface area contributed by atoms with Crippen LogP contribution in [0, 0.1) is 5.92 Å². The molecule has 19 heavy (non-hydrogen) atoms. The molecule has 0 radical (unpaired) electrons. The maximum absolute atomic E-state index is 11.8. The van der Waals surface area contributed by atoms with Crippen molar-refractivity contribution in [2.75, 3.05) is 19.6 Å². The fraction of sp³-hybridized carbons (Fsp3) is 0.786. The van der Waals surface area contributed by atoms with Crippen LogP contribution in [0.4, 0.5) is 4.79 Å². The van der Waals surface area contributed by atoms with Gasteiger partial charge in [-0.1, -0.05) is 29.4 Å². The smallest absolute Gasteiger partial charge is 0.407 e. The van der Waals surface area contributed by atoms with E-state index in [4.69, 9.17) is 4.74 Å². The van der Waals surface area contributed by atoms with E-state index in [2.05, 4.69) is 39.6 Å². The van der Waals surface area contributed by atoms with E-state index in [-0.39, 0.29) is 12.1 Å². The topological polar surface area (TPSA) is 41.6 Å². The van der Waals surface area contributed by atoms with E-state index in [9.17, 15) is 4.79 Å². The zero-order chi connectivity index (χ0) is 14.6. The molecule has 0 unspecified atom stereocenters. The summed E-state index contributed by atoms with van der Waals surface area (Å²) in [5.41, 5.74) is -0.443. The van der Waals surface area contributed by atoms with Gasteiger partial charge in [0.2, 0.25) is 0 Å². The molecule has 1 saturated heterocycles. The molecule has 1 N–H and O–H groups in total. The highest BCUT2D eigenvalue weighted by molar-refractivity contribution is 9.11. The van der Waals surface area contributed by atoms with Crippen LogP contribution in [0.2, 0.25) is 0 Å². The van der Waals surface area contributed by atoms with E-state index in [1.165, 1.54) is 0 Å². The molecular weight excluding hydrogens is 308 g/mol. The Balaban J connectivity index is 2.41. The molecule has 0 spiro atoms. The van der Waals surface area contributed by atoms with Gasteiger partial charge in [0.05, 0.1) is 0 Å². The van der Waals surface area contributed by atoms with Crippen molar-refractivity contribution < 1.29 is 9.53 Å². The molecule has 1 aliphatic rings. The Bertz CT molecular complexity index is 339. The molecule has 1 heterocycles. The van der Waals surface area contributed by atoms with Crippen LogP contribution < -0.4 is 5.32 Å². The first-order valence-electron chi connectivity index (χ1n) is 6.72. The van der Waals surface area contributed by atoms with Crippen LogP contribution in [0.3, 0.4) is 0 Å². The summed E-state index contributed by atoms with van der Waals surface area (Å²) >= 11 is 3.39. The highest BCUT2D eigenvalue weighted by Gasteiger charge is 2.28. The average molecular weight is 333 g/mol. The van der Waals surface area contributed by atoms with Crippen LogP contribution in [0.15, 0.2) is 11.1 Å². The SMILES string of the molecule is C=C(Br)CN1CC[C@H](NC(=O)OC(C)(C)C)[C@H](C)C1. The summed E-state index contributed by atoms with van der Waals surface area (Å²) in [4.78, 5) is 14.1. The quantitative estimate of drug-likeness (QED) is 0.863. The van der Waals surface area contributed by atoms with Gasteiger partial charge in [0.15, 0.2) is 0 Å². The van der Waals surface area contributed by atoms with Crippen molar-refractivity contribution in [3.63, 3.8) is 0 Å². The predicted molar refractivity (Wildman–Crippen MR) is 81.4 cm³/mol. The van der Waals surface area contributed by atoms with E-state index >= 15 is 0 Å². The number of nitrogens with one attached hydrogen (secondary N) is 1. The molecule has 1 amide bonds. The van der Waals surface area contributed by atoms with Crippen LogP contribution in [-0.2, 0) is 4.74 Å². The lowest BCUT2D eigenvalue weighted by atomic mass is 9.94. The van der Waals surface area contributed by atoms with E-state index in [1.54, 1.807) is 0 Å². The first-order chi connectivity index (χ1) is 8.67. The minimum absolute atomic E-state index is 0.190. The summed E-state index contributed by atoms with van der Waals surface area (Å²) in [7, 11) is 0. The molecule has 0 bridgehead atoms. The second-order valence-corrected chi connectivity index (χ2v) is 7.39. The van der Waals surface area contributed by atoms with Crippen LogP contribution >= 0.6 is 15.9 Å². The van der Waals surface area contributed by atoms with Gasteiger partial charge in [-0.05, 0) is 33.1 Å². The largest absolute Gasteiger partial charge is 0.444 e. The zero-order valence-corrected chi connectivity index (χ0v) is 13.9. The number of carbonyl (C=O) groups excluding carboxylic acids is 1. The van der Waals surface area contributed by atoms with Crippen LogP contribution in [0.1, 0.15) is 34.1 Å². The highest BCUT2D eigenvalue weighted by Crippen LogP contribution is 2.19. The average Bonchev–Trinajstić information content (AvgIpc) is 2.18. The molecule has 0 aliphatic carbocycles. The molecule has 2 atom stereocenters. The number of rotatable bonds is 3. The molecule has 5 heteroatoms. The fourth-order valence-electron chi connectivity index (χ4n) is 2.29. The van der Waals surface area contributed by atoms with Gasteiger partial charge in [-0.15, -0.1) is 0 Å². The Labute approximate surface area is 124 Å². The Morgan fingerprint density at radius 3 is 2.63 bits per heavy atom. The molecule has 0 aromatic heterocycles. The number of hydrogen-bond donors (Lipinski definition) is 1. The summed E-state index contributed by atoms with van der Waals surface area (Å²) in [5.74, 6) is 0.410. The van der Waals surface area contributed by atoms with Crippen molar-refractivity contribution in [3.05, 3.63) is 11.1 Å². The molecule has 1 fully saturated rings. The lowest BCUT2D eigenvalue weighted by molar-refractivity contribution is 0.0448. The Morgan fingerprint density at radius 2 is 2.16 bits per heavy atom. The third kappa shape index (κ3) is 6.43. The standard InChI is InChI=1S/C14H25BrN2O2/c1-10-8-17(9-11(2)15)7-6-12(10)16-13(18)19-14(3,4)5/h10,12H,2,6-9H2,1,3-5H3,(H,16,18)/t10-,12+/m1/s1. The highest BCUT2D eigenvalue weighted by atomic mass is 79.9. The Morgan fingerprint density at radius 1 is 1.53 bits per heavy atom. The number of amides is 1. The molecule has 0 aromatic carbocycles. The summed E-state index contributed by atoms with van der Waals surface area (Å²) in [6.07, 6.45) is 0.628. The number of likely N-dealkylation sites (tertiary alicyclic amines) is 1. The predicted octanol–water partition coefficient (Wildman–Crippen LogP) is 3.13. The van der Waals surface area contributed by atoms with Crippen LogP contribution in [0.25, 0.3) is 0 Å². The zero-order valence-electron chi connectivity index (χ0n) is 12.3. The van der Waals surface area contributed by atoms with Crippen molar-refractivity contribution in [3.8, 4) is 0 Å². The van der Waals surface area contributed by atoms with E-state index < -0.39 is 5.60 Å². The van der Waals surface area contributed by atoms with E-state index in [1.807, 2.05) is 20.8 Å². The van der Waals surface area contributed by atoms with Gasteiger partial charge in [0, 0.05) is 30.2 Å². The maximum Gasteiger partial charge on any atom is 0.407 e. The van der Waals surface area contributed by atoms with Crippen LogP contribution in [-0.4, -0.2) is 42.3 Å². The third-order valence-electron chi connectivity index (χ3n) is 3.09. The van der Waals surface area contributed by atoms with Crippen molar-refractivity contribution in [1.29, 1.82) is 0 Å². The number of carbonyl (C=O) groups is 1. The second-order valence-electron chi connectivity index (χ2n) is 6.27. The number of hydrogen-bond acceptors (Lipinski definition) is 3. The van der Waals surface area contributed by atoms with Crippen molar-refractivity contribution >= 4 is 22.0 Å². The molecule has 0 saturated carbocycles. The first-order valence-corrected chi connectivity index (χ1v) is 7.52. The molecule has 4 nitrogen and oxygen atoms in total. The van der Waals surface area contributed by atoms with Gasteiger partial charge >= 0.3 is 6.09 Å². The van der Waals surface area contributed by atoms with Gasteiger partial charge < -0.3 is 10.1 Å². The molecule has 110 valence electrons. The van der Waals surface area contributed by atoms with Crippen LogP contribution in [0.5, 0.6) is 0 Å². The summed E-state index contributed by atoms with van der Waals surface area (Å²) in [6.45, 7) is 14.4. The third-order valence-corrected chi connectivity index (χ3v) is 3.34. The lowest BCUT2D eigenvalue weighted by Crippen LogP contribution is -2.51. The number of alkyl carbamates (subject to hydrolysis) is 1. The normalized spacial score (nSPS) is 24.9. The Kier molecular flexibility index (Phi) is 5.86. The van der Waals surface area contributed by atoms with Gasteiger partial charge in [0.25, 0.3) is 0 Å².